The van der Waals surface area contributed by atoms with Crippen LogP contribution >= 0.6 is 11.6 Å². The Bertz CT molecular complexity index is 662. The van der Waals surface area contributed by atoms with Crippen LogP contribution in [0.1, 0.15) is 35.8 Å². The van der Waals surface area contributed by atoms with Gasteiger partial charge in [-0.05, 0) is 25.5 Å². The smallest absolute Gasteiger partial charge is 0.253 e. The van der Waals surface area contributed by atoms with Crippen molar-refractivity contribution in [2.24, 2.45) is 0 Å². The number of hydrogen-bond donors (Lipinski definition) is 2. The lowest BCUT2D eigenvalue weighted by atomic mass is 10.1. The zero-order valence-electron chi connectivity index (χ0n) is 13.0. The fraction of sp³-hybridized carbons (Fsp3) is 0.294. The summed E-state index contributed by atoms with van der Waals surface area (Å²) in [5.74, 6) is -0.0709. The van der Waals surface area contributed by atoms with Crippen LogP contribution in [-0.2, 0) is 0 Å². The molecule has 0 aliphatic heterocycles. The number of ether oxygens (including phenoxy) is 1. The molecule has 0 saturated carbocycles. The summed E-state index contributed by atoms with van der Waals surface area (Å²) in [4.78, 5) is 16.4. The standard InChI is InChI=1S/C17H19ClN2O3/c1-11(2)23-17-14(18)8-13(9-19-17)16(22)20-15(10-21)12-6-4-3-5-7-12/h3-9,11,15,21H,10H2,1-2H3,(H,20,22). The number of nitrogens with zero attached hydrogens (tertiary/aromatic N) is 1. The first kappa shape index (κ1) is 17.2. The van der Waals surface area contributed by atoms with Crippen LogP contribution in [0.2, 0.25) is 5.02 Å². The summed E-state index contributed by atoms with van der Waals surface area (Å²) >= 11 is 6.09. The number of carbonyl (C=O) groups excluding carboxylic acids is 1. The highest BCUT2D eigenvalue weighted by molar-refractivity contribution is 6.32. The van der Waals surface area contributed by atoms with Crippen molar-refractivity contribution in [3.05, 3.63) is 58.7 Å². The monoisotopic (exact) mass is 334 g/mol. The van der Waals surface area contributed by atoms with Crippen molar-refractivity contribution >= 4 is 17.5 Å². The average molecular weight is 335 g/mol. The van der Waals surface area contributed by atoms with Gasteiger partial charge in [-0.25, -0.2) is 4.98 Å². The van der Waals surface area contributed by atoms with E-state index in [2.05, 4.69) is 10.3 Å². The summed E-state index contributed by atoms with van der Waals surface area (Å²) in [5.41, 5.74) is 1.13. The molecule has 5 nitrogen and oxygen atoms in total. The van der Waals surface area contributed by atoms with Crippen molar-refractivity contribution in [2.75, 3.05) is 6.61 Å². The molecule has 6 heteroatoms. The molecule has 0 saturated heterocycles. The Morgan fingerprint density at radius 3 is 2.61 bits per heavy atom. The Balaban J connectivity index is 2.12. The maximum Gasteiger partial charge on any atom is 0.253 e. The number of amides is 1. The lowest BCUT2D eigenvalue weighted by molar-refractivity contribution is 0.0915. The normalized spacial score (nSPS) is 12.0. The Labute approximate surface area is 140 Å². The van der Waals surface area contributed by atoms with Gasteiger partial charge in [-0.1, -0.05) is 41.9 Å². The molecule has 1 aromatic carbocycles. The maximum absolute atomic E-state index is 12.3. The van der Waals surface area contributed by atoms with Crippen molar-refractivity contribution in [3.8, 4) is 5.88 Å². The van der Waals surface area contributed by atoms with E-state index in [1.807, 2.05) is 44.2 Å². The van der Waals surface area contributed by atoms with E-state index in [1.54, 1.807) is 0 Å². The second-order valence-corrected chi connectivity index (χ2v) is 5.70. The number of pyridine rings is 1. The number of rotatable bonds is 6. The molecule has 1 heterocycles. The van der Waals surface area contributed by atoms with Gasteiger partial charge < -0.3 is 15.2 Å². The molecule has 0 spiro atoms. The fourth-order valence-electron chi connectivity index (χ4n) is 2.02. The van der Waals surface area contributed by atoms with Crippen molar-refractivity contribution in [1.82, 2.24) is 10.3 Å². The van der Waals surface area contributed by atoms with E-state index in [9.17, 15) is 9.90 Å². The van der Waals surface area contributed by atoms with Gasteiger partial charge in [-0.15, -0.1) is 0 Å². The van der Waals surface area contributed by atoms with Crippen LogP contribution in [0.15, 0.2) is 42.6 Å². The molecule has 0 aliphatic carbocycles. The third-order valence-corrected chi connectivity index (χ3v) is 3.38. The van der Waals surface area contributed by atoms with E-state index in [0.717, 1.165) is 5.56 Å². The van der Waals surface area contributed by atoms with Crippen LogP contribution in [-0.4, -0.2) is 28.7 Å². The topological polar surface area (TPSA) is 71.5 Å². The SMILES string of the molecule is CC(C)Oc1ncc(C(=O)NC(CO)c2ccccc2)cc1Cl. The minimum atomic E-state index is -0.492. The minimum absolute atomic E-state index is 0.0588. The van der Waals surface area contributed by atoms with Crippen molar-refractivity contribution < 1.29 is 14.6 Å². The number of aliphatic hydroxyl groups is 1. The highest BCUT2D eigenvalue weighted by Crippen LogP contribution is 2.23. The highest BCUT2D eigenvalue weighted by atomic mass is 35.5. The first-order valence-electron chi connectivity index (χ1n) is 7.30. The van der Waals surface area contributed by atoms with Crippen LogP contribution < -0.4 is 10.1 Å². The molecular weight excluding hydrogens is 316 g/mol. The molecular formula is C17H19ClN2O3. The first-order chi connectivity index (χ1) is 11.0. The molecule has 0 fully saturated rings. The fourth-order valence-corrected chi connectivity index (χ4v) is 2.23. The summed E-state index contributed by atoms with van der Waals surface area (Å²) in [6, 6.07) is 10.3. The molecule has 0 radical (unpaired) electrons. The minimum Gasteiger partial charge on any atom is -0.474 e. The van der Waals surface area contributed by atoms with Gasteiger partial charge in [0, 0.05) is 6.20 Å². The van der Waals surface area contributed by atoms with Gasteiger partial charge in [0.1, 0.15) is 5.02 Å². The first-order valence-corrected chi connectivity index (χ1v) is 7.68. The van der Waals surface area contributed by atoms with Crippen molar-refractivity contribution in [3.63, 3.8) is 0 Å². The van der Waals surface area contributed by atoms with Gasteiger partial charge >= 0.3 is 0 Å². The molecule has 1 amide bonds. The summed E-state index contributed by atoms with van der Waals surface area (Å²) in [6.45, 7) is 3.53. The molecule has 0 bridgehead atoms. The Hall–Kier alpha value is -2.11. The van der Waals surface area contributed by atoms with Gasteiger partial charge in [-0.3, -0.25) is 4.79 Å². The van der Waals surface area contributed by atoms with E-state index in [1.165, 1.54) is 12.3 Å². The van der Waals surface area contributed by atoms with Crippen molar-refractivity contribution in [1.29, 1.82) is 0 Å². The quantitative estimate of drug-likeness (QED) is 0.852. The third-order valence-electron chi connectivity index (χ3n) is 3.11. The summed E-state index contributed by atoms with van der Waals surface area (Å²) in [5, 5.41) is 12.5. The molecule has 2 aromatic rings. The number of aliphatic hydroxyl groups excluding tert-OH is 1. The van der Waals surface area contributed by atoms with E-state index >= 15 is 0 Å². The second-order valence-electron chi connectivity index (χ2n) is 5.30. The number of carbonyl (C=O) groups is 1. The summed E-state index contributed by atoms with van der Waals surface area (Å²) in [6.07, 6.45) is 1.34. The van der Waals surface area contributed by atoms with Crippen LogP contribution in [0, 0.1) is 0 Å². The number of halogens is 1. The lowest BCUT2D eigenvalue weighted by Crippen LogP contribution is -2.30. The largest absolute Gasteiger partial charge is 0.474 e. The molecule has 1 atom stereocenters. The van der Waals surface area contributed by atoms with Gasteiger partial charge in [-0.2, -0.15) is 0 Å². The van der Waals surface area contributed by atoms with E-state index in [-0.39, 0.29) is 23.6 Å². The molecule has 23 heavy (non-hydrogen) atoms. The molecule has 2 N–H and O–H groups in total. The molecule has 0 aliphatic rings. The second kappa shape index (κ2) is 7.94. The van der Waals surface area contributed by atoms with E-state index in [4.69, 9.17) is 16.3 Å². The molecule has 1 unspecified atom stereocenters. The highest BCUT2D eigenvalue weighted by Gasteiger charge is 2.17. The average Bonchev–Trinajstić information content (AvgIpc) is 2.54. The van der Waals surface area contributed by atoms with E-state index < -0.39 is 6.04 Å². The number of benzene rings is 1. The van der Waals surface area contributed by atoms with E-state index in [0.29, 0.717) is 11.4 Å². The van der Waals surface area contributed by atoms with Gasteiger partial charge in [0.05, 0.1) is 24.3 Å². The maximum atomic E-state index is 12.3. The lowest BCUT2D eigenvalue weighted by Gasteiger charge is -2.17. The third kappa shape index (κ3) is 4.68. The molecule has 1 aromatic heterocycles. The van der Waals surface area contributed by atoms with Gasteiger partial charge in [0.15, 0.2) is 0 Å². The van der Waals surface area contributed by atoms with Crippen LogP contribution in [0.5, 0.6) is 5.88 Å². The van der Waals surface area contributed by atoms with Crippen LogP contribution in [0.25, 0.3) is 0 Å². The number of nitrogens with one attached hydrogen (secondary N) is 1. The molecule has 2 rings (SSSR count). The predicted octanol–water partition coefficient (Wildman–Crippen LogP) is 2.99. The zero-order chi connectivity index (χ0) is 16.8. The van der Waals surface area contributed by atoms with Gasteiger partial charge in [0.2, 0.25) is 5.88 Å². The predicted molar refractivity (Wildman–Crippen MR) is 88.7 cm³/mol. The summed E-state index contributed by atoms with van der Waals surface area (Å²) in [7, 11) is 0. The summed E-state index contributed by atoms with van der Waals surface area (Å²) < 4.78 is 5.44. The number of aromatic nitrogens is 1. The Kier molecular flexibility index (Phi) is 5.96. The van der Waals surface area contributed by atoms with Crippen LogP contribution in [0.3, 0.4) is 0 Å². The number of hydrogen-bond acceptors (Lipinski definition) is 4. The van der Waals surface area contributed by atoms with Crippen molar-refractivity contribution in [2.45, 2.75) is 26.0 Å². The Morgan fingerprint density at radius 1 is 1.35 bits per heavy atom. The Morgan fingerprint density at radius 2 is 2.04 bits per heavy atom. The molecule has 122 valence electrons. The van der Waals surface area contributed by atoms with Gasteiger partial charge in [0.25, 0.3) is 5.91 Å². The zero-order valence-corrected chi connectivity index (χ0v) is 13.7. The van der Waals surface area contributed by atoms with Crippen LogP contribution in [0.4, 0.5) is 0 Å².